The number of benzene rings is 1. The molecular formula is C27H32N2O7. The first-order valence-electron chi connectivity index (χ1n) is 12.4. The highest BCUT2D eigenvalue weighted by Gasteiger charge is 2.60. The third kappa shape index (κ3) is 3.36. The van der Waals surface area contributed by atoms with Crippen LogP contribution in [0, 0.1) is 11.8 Å². The molecule has 3 atom stereocenters. The van der Waals surface area contributed by atoms with E-state index in [1.54, 1.807) is 6.07 Å². The molecule has 0 heterocycles. The van der Waals surface area contributed by atoms with Crippen LogP contribution in [-0.4, -0.2) is 63.1 Å². The summed E-state index contributed by atoms with van der Waals surface area (Å²) < 4.78 is 0. The van der Waals surface area contributed by atoms with E-state index in [0.29, 0.717) is 12.0 Å². The first-order valence-corrected chi connectivity index (χ1v) is 12.4. The van der Waals surface area contributed by atoms with Gasteiger partial charge in [-0.05, 0) is 56.2 Å². The average Bonchev–Trinajstić information content (AvgIpc) is 3.21. The van der Waals surface area contributed by atoms with Gasteiger partial charge in [-0.2, -0.15) is 0 Å². The van der Waals surface area contributed by atoms with Gasteiger partial charge in [-0.1, -0.05) is 12.8 Å². The number of rotatable bonds is 3. The van der Waals surface area contributed by atoms with Crippen LogP contribution in [-0.2, 0) is 20.8 Å². The minimum atomic E-state index is -2.51. The highest BCUT2D eigenvalue weighted by atomic mass is 16.3. The van der Waals surface area contributed by atoms with Gasteiger partial charge in [0.1, 0.15) is 22.8 Å². The maximum Gasteiger partial charge on any atom is 0.258 e. The predicted octanol–water partition coefficient (Wildman–Crippen LogP) is 2.45. The maximum atomic E-state index is 13.8. The van der Waals surface area contributed by atoms with Crippen LogP contribution >= 0.6 is 0 Å². The minimum Gasteiger partial charge on any atom is -0.508 e. The number of aromatic hydroxyl groups is 1. The van der Waals surface area contributed by atoms with Crippen LogP contribution < -0.4 is 10.2 Å². The Labute approximate surface area is 209 Å². The van der Waals surface area contributed by atoms with E-state index >= 15 is 0 Å². The quantitative estimate of drug-likeness (QED) is 0.401. The van der Waals surface area contributed by atoms with Crippen LogP contribution in [0.25, 0.3) is 5.76 Å². The number of aliphatic hydroxyl groups is 3. The van der Waals surface area contributed by atoms with Crippen LogP contribution in [0.2, 0.25) is 0 Å². The number of Topliss-reactive ketones (excluding diaryl/α,β-unsaturated/α-hetero) is 2. The normalized spacial score (nSPS) is 29.0. The summed E-state index contributed by atoms with van der Waals surface area (Å²) in [5.74, 6) is -5.44. The van der Waals surface area contributed by atoms with Gasteiger partial charge in [0.15, 0.2) is 11.4 Å². The highest BCUT2D eigenvalue weighted by Crippen LogP contribution is 2.53. The minimum absolute atomic E-state index is 0.101. The number of amides is 1. The lowest BCUT2D eigenvalue weighted by Gasteiger charge is -2.46. The van der Waals surface area contributed by atoms with Crippen LogP contribution in [0.5, 0.6) is 5.75 Å². The maximum absolute atomic E-state index is 13.8. The molecule has 192 valence electrons. The Kier molecular flexibility index (Phi) is 5.48. The second kappa shape index (κ2) is 8.09. The predicted molar refractivity (Wildman–Crippen MR) is 132 cm³/mol. The fourth-order valence-corrected chi connectivity index (χ4v) is 6.62. The van der Waals surface area contributed by atoms with Crippen LogP contribution in [0.1, 0.15) is 56.6 Å². The van der Waals surface area contributed by atoms with Gasteiger partial charge < -0.3 is 30.6 Å². The van der Waals surface area contributed by atoms with Crippen molar-refractivity contribution in [1.82, 2.24) is 5.32 Å². The second-order valence-electron chi connectivity index (χ2n) is 11.1. The van der Waals surface area contributed by atoms with Gasteiger partial charge in [0.25, 0.3) is 5.91 Å². The largest absolute Gasteiger partial charge is 0.508 e. The SMILES string of the molecule is CN(C)c1ccc(O)c2c1C[C@H]1C[C@H]3CC(=O)C(C(=O)NC4(C)CCCC4)=C(O)[C@@]3(O)C(=O)C1=C2O. The molecule has 36 heavy (non-hydrogen) atoms. The Bertz CT molecular complexity index is 1250. The Balaban J connectivity index is 1.60. The molecule has 0 unspecified atom stereocenters. The van der Waals surface area contributed by atoms with Gasteiger partial charge in [0.05, 0.1) is 5.56 Å². The molecule has 2 fully saturated rings. The number of nitrogens with one attached hydrogen (secondary N) is 1. The molecule has 0 saturated heterocycles. The van der Waals surface area contributed by atoms with Gasteiger partial charge in [-0.3, -0.25) is 14.4 Å². The molecule has 0 spiro atoms. The molecule has 0 aliphatic heterocycles. The van der Waals surface area contributed by atoms with E-state index < -0.39 is 57.5 Å². The van der Waals surface area contributed by atoms with Crippen LogP contribution in [0.15, 0.2) is 29.0 Å². The summed E-state index contributed by atoms with van der Waals surface area (Å²) in [4.78, 5) is 41.7. The average molecular weight is 497 g/mol. The van der Waals surface area contributed by atoms with E-state index in [1.165, 1.54) is 6.07 Å². The number of phenolic OH excluding ortho intramolecular Hbond substituents is 1. The van der Waals surface area contributed by atoms with Crippen molar-refractivity contribution in [2.75, 3.05) is 19.0 Å². The van der Waals surface area contributed by atoms with E-state index in [4.69, 9.17) is 0 Å². The zero-order chi connectivity index (χ0) is 26.2. The topological polar surface area (TPSA) is 147 Å². The molecule has 1 amide bonds. The molecule has 0 bridgehead atoms. The first kappa shape index (κ1) is 24.4. The number of fused-ring (bicyclic) bond motifs is 3. The summed E-state index contributed by atoms with van der Waals surface area (Å²) in [5, 5.41) is 47.2. The summed E-state index contributed by atoms with van der Waals surface area (Å²) in [6, 6.07) is 3.15. The van der Waals surface area contributed by atoms with Crippen molar-refractivity contribution in [3.05, 3.63) is 40.2 Å². The number of hydrogen-bond donors (Lipinski definition) is 5. The molecule has 9 heteroatoms. The fourth-order valence-electron chi connectivity index (χ4n) is 6.62. The third-order valence-electron chi connectivity index (χ3n) is 8.51. The zero-order valence-corrected chi connectivity index (χ0v) is 20.7. The van der Waals surface area contributed by atoms with Crippen molar-refractivity contribution in [2.45, 2.75) is 63.0 Å². The molecule has 0 radical (unpaired) electrons. The fraction of sp³-hybridized carbons (Fsp3) is 0.519. The van der Waals surface area contributed by atoms with Gasteiger partial charge in [0, 0.05) is 43.2 Å². The van der Waals surface area contributed by atoms with Crippen molar-refractivity contribution in [1.29, 1.82) is 0 Å². The molecule has 4 aliphatic rings. The Hall–Kier alpha value is -3.33. The zero-order valence-electron chi connectivity index (χ0n) is 20.7. The Morgan fingerprint density at radius 2 is 1.75 bits per heavy atom. The smallest absolute Gasteiger partial charge is 0.258 e. The Morgan fingerprint density at radius 3 is 2.39 bits per heavy atom. The lowest BCUT2D eigenvalue weighted by Crippen LogP contribution is -2.59. The number of anilines is 1. The van der Waals surface area contributed by atoms with E-state index in [2.05, 4.69) is 5.32 Å². The third-order valence-corrected chi connectivity index (χ3v) is 8.51. The molecule has 2 saturated carbocycles. The Morgan fingerprint density at radius 1 is 1.08 bits per heavy atom. The molecular weight excluding hydrogens is 464 g/mol. The van der Waals surface area contributed by atoms with Crippen molar-refractivity contribution >= 4 is 28.9 Å². The molecule has 4 aliphatic carbocycles. The summed E-state index contributed by atoms with van der Waals surface area (Å²) in [7, 11) is 3.66. The highest BCUT2D eigenvalue weighted by molar-refractivity contribution is 6.23. The van der Waals surface area contributed by atoms with E-state index in [9.17, 15) is 34.8 Å². The number of hydrogen-bond acceptors (Lipinski definition) is 8. The molecule has 1 aromatic carbocycles. The standard InChI is InChI=1S/C27H32N2O7/c1-26(8-4-5-9-26)28-25(35)21-18(31)12-14-10-13-11-15-16(29(2)3)6-7-17(30)20(15)22(32)19(13)23(33)27(14,36)24(21)34/h6-7,13-14,30,32,34,36H,4-5,8-12H2,1-3H3,(H,28,35)/t13-,14+,27+/m1/s1. The summed E-state index contributed by atoms with van der Waals surface area (Å²) in [6.45, 7) is 1.87. The monoisotopic (exact) mass is 496 g/mol. The van der Waals surface area contributed by atoms with Gasteiger partial charge in [-0.25, -0.2) is 0 Å². The number of nitrogens with zero attached hydrogens (tertiary/aromatic N) is 1. The number of phenols is 1. The summed E-state index contributed by atoms with van der Waals surface area (Å²) >= 11 is 0. The van der Waals surface area contributed by atoms with Crippen molar-refractivity contribution in [2.24, 2.45) is 11.8 Å². The van der Waals surface area contributed by atoms with Crippen LogP contribution in [0.4, 0.5) is 5.69 Å². The van der Waals surface area contributed by atoms with Crippen molar-refractivity contribution in [3.8, 4) is 5.75 Å². The molecule has 5 rings (SSSR count). The molecule has 5 N–H and O–H groups in total. The number of ketones is 2. The summed E-state index contributed by atoms with van der Waals surface area (Å²) in [5.41, 5.74) is -2.19. The van der Waals surface area contributed by atoms with E-state index in [-0.39, 0.29) is 29.7 Å². The van der Waals surface area contributed by atoms with Crippen molar-refractivity contribution < 1.29 is 34.8 Å². The van der Waals surface area contributed by atoms with Gasteiger partial charge in [0.2, 0.25) is 5.78 Å². The second-order valence-corrected chi connectivity index (χ2v) is 11.1. The number of carbonyl (C=O) groups excluding carboxylic acids is 3. The molecule has 0 aromatic heterocycles. The lowest BCUT2D eigenvalue weighted by atomic mass is 9.59. The first-order chi connectivity index (χ1) is 16.9. The van der Waals surface area contributed by atoms with Gasteiger partial charge in [-0.15, -0.1) is 0 Å². The molecule has 1 aromatic rings. The molecule has 9 nitrogen and oxygen atoms in total. The van der Waals surface area contributed by atoms with Crippen molar-refractivity contribution in [3.63, 3.8) is 0 Å². The van der Waals surface area contributed by atoms with Crippen LogP contribution in [0.3, 0.4) is 0 Å². The number of aliphatic hydroxyl groups excluding tert-OH is 2. The van der Waals surface area contributed by atoms with Gasteiger partial charge >= 0.3 is 0 Å². The number of carbonyl (C=O) groups is 3. The van der Waals surface area contributed by atoms with E-state index in [1.807, 2.05) is 25.9 Å². The van der Waals surface area contributed by atoms with E-state index in [0.717, 1.165) is 31.4 Å². The summed E-state index contributed by atoms with van der Waals surface area (Å²) in [6.07, 6.45) is 3.49. The lowest BCUT2D eigenvalue weighted by molar-refractivity contribution is -0.147.